The van der Waals surface area contributed by atoms with Gasteiger partial charge in [0.1, 0.15) is 11.2 Å². The van der Waals surface area contributed by atoms with Gasteiger partial charge in [-0.05, 0) is 62.5 Å². The van der Waals surface area contributed by atoms with Gasteiger partial charge in [0, 0.05) is 10.8 Å². The molecule has 27 heavy (non-hydrogen) atoms. The normalized spacial score (nSPS) is 55.1. The van der Waals surface area contributed by atoms with Crippen LogP contribution in [-0.4, -0.2) is 39.9 Å². The third-order valence-electron chi connectivity index (χ3n) is 9.06. The summed E-state index contributed by atoms with van der Waals surface area (Å²) in [7, 11) is 0. The molecule has 3 saturated carbocycles. The quantitative estimate of drug-likeness (QED) is 0.580. The number of allylic oxidation sites excluding steroid dienone is 2. The third-order valence-corrected chi connectivity index (χ3v) is 9.30. The summed E-state index contributed by atoms with van der Waals surface area (Å²) in [5.74, 6) is 0.0439. The zero-order valence-corrected chi connectivity index (χ0v) is 16.9. The van der Waals surface area contributed by atoms with E-state index in [9.17, 15) is 14.7 Å². The van der Waals surface area contributed by atoms with Crippen molar-refractivity contribution in [2.45, 2.75) is 63.8 Å². The van der Waals surface area contributed by atoms with E-state index < -0.39 is 11.0 Å². The molecule has 5 aliphatic rings. The highest BCUT2D eigenvalue weighted by atomic mass is 35.5. The molecule has 0 aromatic carbocycles. The maximum Gasteiger partial charge on any atom is 0.179 e. The Morgan fingerprint density at radius 1 is 1.37 bits per heavy atom. The minimum absolute atomic E-state index is 0.00949. The van der Waals surface area contributed by atoms with E-state index in [2.05, 4.69) is 13.8 Å². The molecule has 0 radical (unpaired) electrons. The van der Waals surface area contributed by atoms with Gasteiger partial charge < -0.3 is 9.84 Å². The van der Waals surface area contributed by atoms with Crippen LogP contribution in [0.2, 0.25) is 0 Å². The van der Waals surface area contributed by atoms with E-state index in [-0.39, 0.29) is 52.3 Å². The highest BCUT2D eigenvalue weighted by molar-refractivity contribution is 6.29. The molecule has 0 aromatic heterocycles. The predicted molar refractivity (Wildman–Crippen MR) is 101 cm³/mol. The first kappa shape index (κ1) is 18.1. The highest BCUT2D eigenvalue weighted by Gasteiger charge is 2.81. The van der Waals surface area contributed by atoms with Gasteiger partial charge in [0.2, 0.25) is 0 Å². The second-order valence-corrected chi connectivity index (χ2v) is 10.1. The van der Waals surface area contributed by atoms with Crippen LogP contribution in [0, 0.1) is 28.6 Å². The predicted octanol–water partition coefficient (Wildman–Crippen LogP) is 3.21. The van der Waals surface area contributed by atoms with Crippen molar-refractivity contribution in [2.75, 3.05) is 5.88 Å². The van der Waals surface area contributed by atoms with Crippen LogP contribution in [0.25, 0.3) is 0 Å². The molecule has 4 aliphatic carbocycles. The Labute approximate surface area is 165 Å². The summed E-state index contributed by atoms with van der Waals surface area (Å²) in [6.07, 6.45) is 8.83. The summed E-state index contributed by atoms with van der Waals surface area (Å²) in [5, 5.41) is 11.6. The molecule has 1 spiro atoms. The van der Waals surface area contributed by atoms with Gasteiger partial charge in [0.25, 0.3) is 0 Å². The Morgan fingerprint density at radius 3 is 2.81 bits per heavy atom. The molecule has 8 atom stereocenters. The minimum atomic E-state index is -1.38. The molecule has 0 aromatic rings. The largest absolute Gasteiger partial charge is 0.381 e. The summed E-state index contributed by atoms with van der Waals surface area (Å²) >= 11 is 5.90. The Morgan fingerprint density at radius 2 is 2.11 bits per heavy atom. The van der Waals surface area contributed by atoms with E-state index in [4.69, 9.17) is 16.3 Å². The molecule has 0 bridgehead atoms. The second-order valence-electron chi connectivity index (χ2n) is 9.84. The number of fused-ring (bicyclic) bond motifs is 3. The molecule has 1 aliphatic heterocycles. The van der Waals surface area contributed by atoms with Gasteiger partial charge in [-0.25, -0.2) is 0 Å². The lowest BCUT2D eigenvalue weighted by molar-refractivity contribution is -0.160. The van der Waals surface area contributed by atoms with Crippen LogP contribution in [0.5, 0.6) is 0 Å². The first-order valence-electron chi connectivity index (χ1n) is 10.1. The van der Waals surface area contributed by atoms with E-state index in [1.807, 2.05) is 13.0 Å². The molecule has 1 heterocycles. The van der Waals surface area contributed by atoms with Crippen LogP contribution in [0.3, 0.4) is 0 Å². The van der Waals surface area contributed by atoms with E-state index >= 15 is 0 Å². The van der Waals surface area contributed by atoms with E-state index in [1.165, 1.54) is 5.57 Å². The van der Waals surface area contributed by atoms with E-state index in [1.54, 1.807) is 12.2 Å². The average Bonchev–Trinajstić information content (AvgIpc) is 3.31. The van der Waals surface area contributed by atoms with Gasteiger partial charge in [-0.1, -0.05) is 25.5 Å². The van der Waals surface area contributed by atoms with Gasteiger partial charge in [-0.2, -0.15) is 0 Å². The molecule has 1 N–H and O–H groups in total. The first-order valence-corrected chi connectivity index (χ1v) is 10.6. The van der Waals surface area contributed by atoms with Crippen molar-refractivity contribution in [3.05, 3.63) is 23.8 Å². The summed E-state index contributed by atoms with van der Waals surface area (Å²) in [4.78, 5) is 24.7. The number of alkyl halides is 1. The molecule has 0 amide bonds. The van der Waals surface area contributed by atoms with E-state index in [0.717, 1.165) is 19.3 Å². The summed E-state index contributed by atoms with van der Waals surface area (Å²) in [6.45, 7) is 6.26. The summed E-state index contributed by atoms with van der Waals surface area (Å²) in [5.41, 5.74) is -1.29. The van der Waals surface area contributed by atoms with Crippen molar-refractivity contribution >= 4 is 23.2 Å². The molecular weight excluding hydrogens is 364 g/mol. The standard InChI is InChI=1S/C22H27ClO4/c1-12-8-16-15-5-4-13-9-14(24)6-7-19(13,2)22(15)18(27-22)10-20(16,3)21(12,26)17(25)11-23/h6-7,9,12,15-16,18,26H,4-5,8,10-11H2,1-3H3/t12-,15+,16+,18?,19+,20+,21+,22-/m1/s1. The Hall–Kier alpha value is -0.970. The number of Topliss-reactive ketones (excluding diaryl/α,β-unsaturated/α-hetero) is 1. The smallest absolute Gasteiger partial charge is 0.179 e. The lowest BCUT2D eigenvalue weighted by Crippen LogP contribution is -2.62. The zero-order chi connectivity index (χ0) is 19.4. The molecule has 1 unspecified atom stereocenters. The van der Waals surface area contributed by atoms with Gasteiger partial charge in [-0.15, -0.1) is 11.6 Å². The van der Waals surface area contributed by atoms with Crippen LogP contribution >= 0.6 is 11.6 Å². The number of carbonyl (C=O) groups is 2. The minimum Gasteiger partial charge on any atom is -0.381 e. The van der Waals surface area contributed by atoms with Crippen LogP contribution in [0.4, 0.5) is 0 Å². The molecular formula is C22H27ClO4. The zero-order valence-electron chi connectivity index (χ0n) is 16.1. The number of halogens is 1. The maximum atomic E-state index is 12.7. The number of aliphatic hydroxyl groups is 1. The number of carbonyl (C=O) groups excluding carboxylic acids is 2. The fourth-order valence-electron chi connectivity index (χ4n) is 7.68. The van der Waals surface area contributed by atoms with Gasteiger partial charge >= 0.3 is 0 Å². The topological polar surface area (TPSA) is 66.9 Å². The SMILES string of the molecule is C[C@@H]1C[C@H]2[C@@H]3CCC4=CC(=O)C=C[C@]4(C)[C@@]34OC4C[C@]2(C)[C@@]1(O)C(=O)CCl. The van der Waals surface area contributed by atoms with E-state index in [0.29, 0.717) is 6.42 Å². The highest BCUT2D eigenvalue weighted by Crippen LogP contribution is 2.76. The molecule has 4 nitrogen and oxygen atoms in total. The Bertz CT molecular complexity index is 817. The maximum absolute atomic E-state index is 12.7. The van der Waals surface area contributed by atoms with Crippen LogP contribution in [0.1, 0.15) is 46.5 Å². The summed E-state index contributed by atoms with van der Waals surface area (Å²) < 4.78 is 6.46. The number of epoxide rings is 1. The van der Waals surface area contributed by atoms with Crippen molar-refractivity contribution in [3.8, 4) is 0 Å². The molecule has 5 heteroatoms. The monoisotopic (exact) mass is 390 g/mol. The lowest BCUT2D eigenvalue weighted by atomic mass is 9.47. The van der Waals surface area contributed by atoms with Crippen LogP contribution in [-0.2, 0) is 14.3 Å². The molecule has 5 rings (SSSR count). The van der Waals surface area contributed by atoms with Crippen molar-refractivity contribution in [2.24, 2.45) is 28.6 Å². The Balaban J connectivity index is 1.60. The molecule has 146 valence electrons. The number of ketones is 2. The third kappa shape index (κ3) is 1.79. The average molecular weight is 391 g/mol. The fourth-order valence-corrected chi connectivity index (χ4v) is 7.88. The number of rotatable bonds is 2. The van der Waals surface area contributed by atoms with Crippen LogP contribution < -0.4 is 0 Å². The molecule has 1 saturated heterocycles. The van der Waals surface area contributed by atoms with Crippen molar-refractivity contribution in [3.63, 3.8) is 0 Å². The van der Waals surface area contributed by atoms with Gasteiger partial charge in [0.05, 0.1) is 12.0 Å². The molecule has 4 fully saturated rings. The Kier molecular flexibility index (Phi) is 3.44. The fraction of sp³-hybridized carbons (Fsp3) is 0.727. The van der Waals surface area contributed by atoms with Crippen LogP contribution in [0.15, 0.2) is 23.8 Å². The number of hydrogen-bond acceptors (Lipinski definition) is 4. The van der Waals surface area contributed by atoms with Crippen molar-refractivity contribution in [1.29, 1.82) is 0 Å². The number of ether oxygens (including phenoxy) is 1. The van der Waals surface area contributed by atoms with Gasteiger partial charge in [0.15, 0.2) is 11.6 Å². The van der Waals surface area contributed by atoms with Crippen molar-refractivity contribution < 1.29 is 19.4 Å². The summed E-state index contributed by atoms with van der Waals surface area (Å²) in [6, 6.07) is 0. The van der Waals surface area contributed by atoms with Gasteiger partial charge in [-0.3, -0.25) is 9.59 Å². The lowest BCUT2D eigenvalue weighted by Gasteiger charge is -2.55. The number of hydrogen-bond donors (Lipinski definition) is 1. The second kappa shape index (κ2) is 5.14. The first-order chi connectivity index (χ1) is 12.6. The van der Waals surface area contributed by atoms with Crippen molar-refractivity contribution in [1.82, 2.24) is 0 Å².